The highest BCUT2D eigenvalue weighted by Crippen LogP contribution is 2.68. The minimum atomic E-state index is -1.05. The minimum Gasteiger partial charge on any atom is -0.454 e. The van der Waals surface area contributed by atoms with Gasteiger partial charge in [0.1, 0.15) is 6.04 Å². The number of carbonyl (C=O) groups is 2. The Morgan fingerprint density at radius 2 is 1.93 bits per heavy atom. The zero-order valence-corrected chi connectivity index (χ0v) is 16.6. The summed E-state index contributed by atoms with van der Waals surface area (Å²) in [6, 6.07) is 4.98. The monoisotopic (exact) mass is 403 g/mol. The molecule has 0 saturated carbocycles. The third-order valence-electron chi connectivity index (χ3n) is 6.04. The van der Waals surface area contributed by atoms with E-state index in [9.17, 15) is 9.59 Å². The van der Waals surface area contributed by atoms with Gasteiger partial charge in [-0.15, -0.1) is 0 Å². The van der Waals surface area contributed by atoms with Gasteiger partial charge < -0.3 is 24.1 Å². The van der Waals surface area contributed by atoms with Gasteiger partial charge in [0.2, 0.25) is 6.79 Å². The van der Waals surface area contributed by atoms with Crippen LogP contribution >= 0.6 is 21.6 Å². The summed E-state index contributed by atoms with van der Waals surface area (Å²) in [7, 11) is 4.51. The Morgan fingerprint density at radius 3 is 2.67 bits per heavy atom. The van der Waals surface area contributed by atoms with Crippen molar-refractivity contribution in [2.75, 3.05) is 13.8 Å². The number of hydrogen-bond donors (Lipinski definition) is 0. The Kier molecular flexibility index (Phi) is 3.20. The third-order valence-corrected chi connectivity index (χ3v) is 9.74. The van der Waals surface area contributed by atoms with Crippen molar-refractivity contribution in [3.8, 4) is 11.5 Å². The van der Waals surface area contributed by atoms with Crippen LogP contribution in [-0.2, 0) is 9.59 Å². The average molecular weight is 403 g/mol. The molecule has 2 bridgehead atoms. The van der Waals surface area contributed by atoms with Gasteiger partial charge in [0.15, 0.2) is 21.2 Å². The van der Waals surface area contributed by atoms with E-state index in [0.29, 0.717) is 17.9 Å². The number of hydrogen-bond acceptors (Lipinski definition) is 6. The highest BCUT2D eigenvalue weighted by atomic mass is 33.1. The van der Waals surface area contributed by atoms with Gasteiger partial charge in [-0.25, -0.2) is 6.57 Å². The molecule has 1 aromatic carbocycles. The van der Waals surface area contributed by atoms with E-state index < -0.39 is 21.3 Å². The first kappa shape index (κ1) is 17.1. The van der Waals surface area contributed by atoms with Crippen LogP contribution in [0.5, 0.6) is 11.5 Å². The molecule has 0 aliphatic carbocycles. The fraction of sp³-hybridized carbons (Fsp3) is 0.500. The van der Waals surface area contributed by atoms with Crippen molar-refractivity contribution in [2.45, 2.75) is 41.6 Å². The van der Waals surface area contributed by atoms with E-state index in [2.05, 4.69) is 4.85 Å². The summed E-state index contributed by atoms with van der Waals surface area (Å²) in [6.07, 6.45) is 0.297. The van der Waals surface area contributed by atoms with Crippen molar-refractivity contribution < 1.29 is 19.1 Å². The lowest BCUT2D eigenvalue weighted by atomic mass is 9.87. The van der Waals surface area contributed by atoms with Crippen LogP contribution in [-0.4, -0.2) is 50.7 Å². The first-order valence-electron chi connectivity index (χ1n) is 8.54. The quantitative estimate of drug-likeness (QED) is 0.531. The number of amides is 2. The van der Waals surface area contributed by atoms with Gasteiger partial charge in [0, 0.05) is 14.0 Å². The standard InChI is InChI=1S/C18H17N3O4S2/c1-16(19-3)8-18-15(23)20(4)17(2,26-27-18)14(22)21(18)13(16)10-5-6-11-12(7-10)25-9-24-11/h5-7,13H,8-9H2,1-2,4H3/t13?,16-,17-,18-/m0/s1. The van der Waals surface area contributed by atoms with Crippen LogP contribution in [0.3, 0.4) is 0 Å². The predicted molar refractivity (Wildman–Crippen MR) is 101 cm³/mol. The van der Waals surface area contributed by atoms with Crippen LogP contribution in [0.15, 0.2) is 18.2 Å². The van der Waals surface area contributed by atoms with E-state index in [1.807, 2.05) is 19.1 Å². The Labute approximate surface area is 164 Å². The second-order valence-electron chi connectivity index (χ2n) is 7.63. The Morgan fingerprint density at radius 1 is 1.19 bits per heavy atom. The summed E-state index contributed by atoms with van der Waals surface area (Å²) in [5, 5.41) is 0. The van der Waals surface area contributed by atoms with Gasteiger partial charge in [0.25, 0.3) is 17.4 Å². The molecule has 140 valence electrons. The van der Waals surface area contributed by atoms with Gasteiger partial charge in [-0.3, -0.25) is 9.59 Å². The summed E-state index contributed by atoms with van der Waals surface area (Å²) in [5.41, 5.74) is -0.122. The molecule has 4 saturated heterocycles. The number of rotatable bonds is 1. The maximum atomic E-state index is 13.5. The fourth-order valence-electron chi connectivity index (χ4n) is 4.48. The maximum absolute atomic E-state index is 13.5. The van der Waals surface area contributed by atoms with Crippen molar-refractivity contribution >= 4 is 33.4 Å². The molecule has 1 unspecified atom stereocenters. The molecule has 5 heterocycles. The van der Waals surface area contributed by atoms with E-state index >= 15 is 0 Å². The molecule has 27 heavy (non-hydrogen) atoms. The normalized spacial score (nSPS) is 39.0. The molecule has 0 N–H and O–H groups in total. The van der Waals surface area contributed by atoms with Crippen molar-refractivity contribution in [2.24, 2.45) is 0 Å². The molecule has 0 aromatic heterocycles. The van der Waals surface area contributed by atoms with Crippen molar-refractivity contribution in [3.05, 3.63) is 35.2 Å². The minimum absolute atomic E-state index is 0.105. The number of likely N-dealkylation sites (N-methyl/N-ethyl adjacent to an activating group) is 1. The molecule has 0 radical (unpaired) electrons. The SMILES string of the molecule is [C-]#[N+][C@@]1(C)C[C@@]23SS[C@@](C)(C(=O)N2C1c1ccc2c(c1)OCO2)N(C)C3=O. The van der Waals surface area contributed by atoms with Crippen LogP contribution in [0.4, 0.5) is 0 Å². The van der Waals surface area contributed by atoms with E-state index in [0.717, 1.165) is 5.56 Å². The van der Waals surface area contributed by atoms with E-state index in [1.165, 1.54) is 21.6 Å². The molecule has 2 amide bonds. The van der Waals surface area contributed by atoms with Gasteiger partial charge in [-0.05, 0) is 24.6 Å². The number of nitrogens with zero attached hydrogens (tertiary/aromatic N) is 3. The summed E-state index contributed by atoms with van der Waals surface area (Å²) in [4.78, 5) is 31.9. The lowest BCUT2D eigenvalue weighted by Crippen LogP contribution is -2.73. The molecular formula is C18H17N3O4S2. The second kappa shape index (κ2) is 5.06. The highest BCUT2D eigenvalue weighted by Gasteiger charge is 2.77. The summed E-state index contributed by atoms with van der Waals surface area (Å²) in [6.45, 7) is 11.6. The zero-order valence-electron chi connectivity index (χ0n) is 15.0. The van der Waals surface area contributed by atoms with E-state index in [1.54, 1.807) is 29.8 Å². The number of fused-ring (bicyclic) bond motifs is 3. The number of piperazine rings is 1. The number of ether oxygens (including phenoxy) is 2. The molecule has 7 nitrogen and oxygen atoms in total. The molecule has 1 aromatic rings. The first-order chi connectivity index (χ1) is 12.8. The van der Waals surface area contributed by atoms with Gasteiger partial charge in [-0.2, -0.15) is 0 Å². The summed E-state index contributed by atoms with van der Waals surface area (Å²) in [5.74, 6) is 1.03. The first-order valence-corrected chi connectivity index (χ1v) is 10.7. The van der Waals surface area contributed by atoms with Crippen LogP contribution in [0.25, 0.3) is 4.85 Å². The lowest BCUT2D eigenvalue weighted by Gasteiger charge is -2.57. The van der Waals surface area contributed by atoms with E-state index in [-0.39, 0.29) is 18.6 Å². The maximum Gasteiger partial charge on any atom is 0.262 e. The topological polar surface area (TPSA) is 63.4 Å². The van der Waals surface area contributed by atoms with Crippen molar-refractivity contribution in [1.82, 2.24) is 9.80 Å². The molecule has 5 aliphatic heterocycles. The molecule has 5 aliphatic rings. The Hall–Kier alpha value is -2.05. The van der Waals surface area contributed by atoms with Crippen molar-refractivity contribution in [3.63, 3.8) is 0 Å². The number of benzene rings is 1. The molecule has 1 spiro atoms. The molecule has 4 fully saturated rings. The van der Waals surface area contributed by atoms with Crippen LogP contribution in [0.2, 0.25) is 0 Å². The van der Waals surface area contributed by atoms with Crippen LogP contribution in [0.1, 0.15) is 31.9 Å². The molecule has 4 atom stereocenters. The second-order valence-corrected chi connectivity index (χ2v) is 10.4. The predicted octanol–water partition coefficient (Wildman–Crippen LogP) is 2.65. The fourth-order valence-corrected chi connectivity index (χ4v) is 8.05. The van der Waals surface area contributed by atoms with Gasteiger partial charge in [0.05, 0.1) is 6.42 Å². The number of carbonyl (C=O) groups excluding carboxylic acids is 2. The average Bonchev–Trinajstić information content (AvgIpc) is 3.23. The molecular weight excluding hydrogens is 386 g/mol. The van der Waals surface area contributed by atoms with Crippen LogP contribution in [0, 0.1) is 6.57 Å². The smallest absolute Gasteiger partial charge is 0.262 e. The Bertz CT molecular complexity index is 949. The van der Waals surface area contributed by atoms with Gasteiger partial charge >= 0.3 is 0 Å². The zero-order chi connectivity index (χ0) is 19.2. The highest BCUT2D eigenvalue weighted by molar-refractivity contribution is 8.78. The van der Waals surface area contributed by atoms with E-state index in [4.69, 9.17) is 16.0 Å². The lowest BCUT2D eigenvalue weighted by molar-refractivity contribution is -0.164. The van der Waals surface area contributed by atoms with Crippen LogP contribution < -0.4 is 9.47 Å². The summed E-state index contributed by atoms with van der Waals surface area (Å²) >= 11 is 0. The molecule has 9 heteroatoms. The largest absolute Gasteiger partial charge is 0.454 e. The van der Waals surface area contributed by atoms with Gasteiger partial charge in [-0.1, -0.05) is 27.7 Å². The third kappa shape index (κ3) is 1.85. The molecule has 6 rings (SSSR count). The Balaban J connectivity index is 1.71. The van der Waals surface area contributed by atoms with Crippen molar-refractivity contribution in [1.29, 1.82) is 0 Å². The summed E-state index contributed by atoms with van der Waals surface area (Å²) < 4.78 is 10.9.